The van der Waals surface area contributed by atoms with Crippen LogP contribution in [-0.2, 0) is 0 Å². The molecule has 0 unspecified atom stereocenters. The smallest absolute Gasteiger partial charge is 0.394 e. The number of hydrogen-bond donors (Lipinski definition) is 0. The Kier molecular flexibility index (Phi) is 6.42. The Morgan fingerprint density at radius 2 is 2.26 bits per heavy atom. The van der Waals surface area contributed by atoms with Crippen LogP contribution >= 0.6 is 28.1 Å². The number of ether oxygens (including phenoxy) is 1. The molecule has 1 aromatic rings. The Hall–Kier alpha value is -0.970. The van der Waals surface area contributed by atoms with Gasteiger partial charge in [-0.1, -0.05) is 13.8 Å². The molecule has 0 aliphatic rings. The molecule has 0 atom stereocenters. The molecule has 1 heterocycles. The van der Waals surface area contributed by atoms with Crippen molar-refractivity contribution >= 4 is 39.0 Å². The summed E-state index contributed by atoms with van der Waals surface area (Å²) in [7, 11) is 0. The average molecular weight is 345 g/mol. The molecule has 0 bridgehead atoms. The summed E-state index contributed by atoms with van der Waals surface area (Å²) in [5.41, 5.74) is 0.936. The molecule has 0 spiro atoms. The zero-order valence-electron chi connectivity index (χ0n) is 11.3. The van der Waals surface area contributed by atoms with Gasteiger partial charge in [0, 0.05) is 6.92 Å². The lowest BCUT2D eigenvalue weighted by Gasteiger charge is -2.11. The minimum absolute atomic E-state index is 0.268. The zero-order valence-corrected chi connectivity index (χ0v) is 13.7. The molecule has 0 saturated heterocycles. The topological polar surface area (TPSA) is 48.5 Å². The van der Waals surface area contributed by atoms with E-state index >= 15 is 0 Å². The van der Waals surface area contributed by atoms with Crippen LogP contribution in [0.15, 0.2) is 15.5 Å². The summed E-state index contributed by atoms with van der Waals surface area (Å²) in [6.07, 6.45) is 1.99. The van der Waals surface area contributed by atoms with Crippen molar-refractivity contribution in [2.45, 2.75) is 33.6 Å². The highest BCUT2D eigenvalue weighted by Gasteiger charge is 2.19. The molecule has 1 rings (SSSR count). The average Bonchev–Trinajstić information content (AvgIpc) is 2.34. The number of hydrogen-bond acceptors (Lipinski definition) is 4. The molecule has 19 heavy (non-hydrogen) atoms. The van der Waals surface area contributed by atoms with Gasteiger partial charge in [-0.3, -0.25) is 0 Å². The first-order valence-electron chi connectivity index (χ1n) is 6.10. The first kappa shape index (κ1) is 16.1. The summed E-state index contributed by atoms with van der Waals surface area (Å²) in [6, 6.07) is 1.71. The highest BCUT2D eigenvalue weighted by Crippen LogP contribution is 2.28. The zero-order chi connectivity index (χ0) is 14.4. The molecule has 104 valence electrons. The van der Waals surface area contributed by atoms with Gasteiger partial charge in [-0.2, -0.15) is 4.99 Å². The van der Waals surface area contributed by atoms with Gasteiger partial charge in [0.2, 0.25) is 5.69 Å². The van der Waals surface area contributed by atoms with Gasteiger partial charge in [0.15, 0.2) is 0 Å². The van der Waals surface area contributed by atoms with Crippen LogP contribution in [-0.4, -0.2) is 11.8 Å². The SMILES string of the molecule is Cc1c(N=C=S)cc(Br)c(OCCCC(C)C)[n+]1[O-]. The number of aliphatic imine (C=N–C) groups is 1. The van der Waals surface area contributed by atoms with Crippen LogP contribution in [0.5, 0.6) is 5.88 Å². The molecule has 0 radical (unpaired) electrons. The quantitative estimate of drug-likeness (QED) is 0.258. The summed E-state index contributed by atoms with van der Waals surface area (Å²) in [5.74, 6) is 0.900. The van der Waals surface area contributed by atoms with Crippen LogP contribution < -0.4 is 9.47 Å². The van der Waals surface area contributed by atoms with E-state index < -0.39 is 0 Å². The molecule has 1 aromatic heterocycles. The van der Waals surface area contributed by atoms with Crippen molar-refractivity contribution in [3.8, 4) is 5.88 Å². The number of rotatable bonds is 6. The fraction of sp³-hybridized carbons (Fsp3) is 0.538. The van der Waals surface area contributed by atoms with Crippen molar-refractivity contribution < 1.29 is 9.47 Å². The molecule has 0 fully saturated rings. The number of isothiocyanates is 1. The molecule has 0 N–H and O–H groups in total. The minimum Gasteiger partial charge on any atom is -0.616 e. The molecule has 0 aliphatic carbocycles. The number of pyridine rings is 1. The maximum Gasteiger partial charge on any atom is 0.394 e. The van der Waals surface area contributed by atoms with Crippen LogP contribution in [0.4, 0.5) is 5.69 Å². The van der Waals surface area contributed by atoms with Gasteiger partial charge in [-0.25, -0.2) is 0 Å². The van der Waals surface area contributed by atoms with Crippen LogP contribution in [0, 0.1) is 18.0 Å². The predicted molar refractivity (Wildman–Crippen MR) is 82.1 cm³/mol. The van der Waals surface area contributed by atoms with E-state index in [2.05, 4.69) is 52.1 Å². The second kappa shape index (κ2) is 7.58. The van der Waals surface area contributed by atoms with E-state index in [1.54, 1.807) is 13.0 Å². The Morgan fingerprint density at radius 3 is 2.84 bits per heavy atom. The van der Waals surface area contributed by atoms with Crippen molar-refractivity contribution in [2.24, 2.45) is 10.9 Å². The van der Waals surface area contributed by atoms with Crippen LogP contribution in [0.25, 0.3) is 0 Å². The van der Waals surface area contributed by atoms with Crippen LogP contribution in [0.3, 0.4) is 0 Å². The lowest BCUT2D eigenvalue weighted by Crippen LogP contribution is -2.33. The van der Waals surface area contributed by atoms with E-state index in [-0.39, 0.29) is 5.88 Å². The molecular formula is C13H17BrN2O2S. The molecule has 0 aromatic carbocycles. The highest BCUT2D eigenvalue weighted by molar-refractivity contribution is 9.10. The standard InChI is InChI=1S/C13H17BrN2O2S/c1-9(2)5-4-6-18-13-11(14)7-12(15-8-19)10(3)16(13)17/h7,9H,4-6H2,1-3H3. The Labute approximate surface area is 127 Å². The third-order valence-electron chi connectivity index (χ3n) is 2.66. The third kappa shape index (κ3) is 4.56. The summed E-state index contributed by atoms with van der Waals surface area (Å²) in [5, 5.41) is 14.3. The van der Waals surface area contributed by atoms with E-state index in [0.29, 0.717) is 28.4 Å². The Bertz CT molecular complexity index is 500. The second-order valence-corrected chi connectivity index (χ2v) is 5.69. The van der Waals surface area contributed by atoms with E-state index in [0.717, 1.165) is 17.6 Å². The van der Waals surface area contributed by atoms with Gasteiger partial charge >= 0.3 is 5.88 Å². The Morgan fingerprint density at radius 1 is 1.58 bits per heavy atom. The minimum atomic E-state index is 0.268. The maximum absolute atomic E-state index is 12.1. The first-order valence-corrected chi connectivity index (χ1v) is 7.30. The van der Waals surface area contributed by atoms with Crippen molar-refractivity contribution in [1.82, 2.24) is 0 Å². The molecule has 0 saturated carbocycles. The molecule has 4 nitrogen and oxygen atoms in total. The van der Waals surface area contributed by atoms with E-state index in [1.165, 1.54) is 0 Å². The maximum atomic E-state index is 12.1. The van der Waals surface area contributed by atoms with Gasteiger partial charge in [0.1, 0.15) is 10.2 Å². The Balaban J connectivity index is 2.84. The van der Waals surface area contributed by atoms with E-state index in [9.17, 15) is 5.21 Å². The van der Waals surface area contributed by atoms with Crippen LogP contribution in [0.1, 0.15) is 32.4 Å². The van der Waals surface area contributed by atoms with E-state index in [4.69, 9.17) is 4.74 Å². The lowest BCUT2D eigenvalue weighted by atomic mass is 10.1. The van der Waals surface area contributed by atoms with Crippen molar-refractivity contribution in [3.63, 3.8) is 0 Å². The van der Waals surface area contributed by atoms with Crippen molar-refractivity contribution in [1.29, 1.82) is 0 Å². The summed E-state index contributed by atoms with van der Waals surface area (Å²) in [4.78, 5) is 3.85. The van der Waals surface area contributed by atoms with E-state index in [1.807, 2.05) is 0 Å². The monoisotopic (exact) mass is 344 g/mol. The fourth-order valence-corrected chi connectivity index (χ4v) is 2.18. The number of nitrogens with zero attached hydrogens (tertiary/aromatic N) is 2. The van der Waals surface area contributed by atoms with Gasteiger partial charge in [-0.15, -0.1) is 4.73 Å². The normalized spacial score (nSPS) is 10.4. The number of aromatic nitrogens is 1. The van der Waals surface area contributed by atoms with Crippen molar-refractivity contribution in [2.75, 3.05) is 6.61 Å². The summed E-state index contributed by atoms with van der Waals surface area (Å²) < 4.78 is 6.85. The number of halogens is 1. The van der Waals surface area contributed by atoms with Gasteiger partial charge in [0.25, 0.3) is 0 Å². The predicted octanol–water partition coefficient (Wildman–Crippen LogP) is 3.94. The lowest BCUT2D eigenvalue weighted by molar-refractivity contribution is -0.619. The summed E-state index contributed by atoms with van der Waals surface area (Å²) >= 11 is 7.86. The van der Waals surface area contributed by atoms with Gasteiger partial charge in [0.05, 0.1) is 11.8 Å². The molecule has 0 amide bonds. The third-order valence-corrected chi connectivity index (χ3v) is 3.32. The fourth-order valence-electron chi connectivity index (χ4n) is 1.59. The van der Waals surface area contributed by atoms with Crippen LogP contribution in [0.2, 0.25) is 0 Å². The molecule has 6 heteroatoms. The summed E-state index contributed by atoms with van der Waals surface area (Å²) in [6.45, 7) is 6.51. The highest BCUT2D eigenvalue weighted by atomic mass is 79.9. The molecule has 0 aliphatic heterocycles. The first-order chi connectivity index (χ1) is 8.97. The second-order valence-electron chi connectivity index (χ2n) is 4.65. The van der Waals surface area contributed by atoms with Gasteiger partial charge in [-0.05, 0) is 53.0 Å². The van der Waals surface area contributed by atoms with Crippen molar-refractivity contribution in [3.05, 3.63) is 21.4 Å². The van der Waals surface area contributed by atoms with Gasteiger partial charge < -0.3 is 9.94 Å². The number of thiocarbonyl (C=S) groups is 1. The molecular weight excluding hydrogens is 328 g/mol. The largest absolute Gasteiger partial charge is 0.616 e.